The molecule has 4 nitrogen and oxygen atoms in total. The number of rotatable bonds is 2. The van der Waals surface area contributed by atoms with Gasteiger partial charge in [0, 0.05) is 36.5 Å². The molecule has 1 atom stereocenters. The second kappa shape index (κ2) is 4.47. The van der Waals surface area contributed by atoms with Crippen molar-refractivity contribution < 1.29 is 14.7 Å². The van der Waals surface area contributed by atoms with Crippen LogP contribution in [0.3, 0.4) is 0 Å². The third-order valence-corrected chi connectivity index (χ3v) is 4.30. The van der Waals surface area contributed by atoms with E-state index in [4.69, 9.17) is 0 Å². The van der Waals surface area contributed by atoms with E-state index in [9.17, 15) is 14.7 Å². The van der Waals surface area contributed by atoms with Crippen LogP contribution >= 0.6 is 0 Å². The Hall–Kier alpha value is -2.10. The minimum atomic E-state index is -0.884. The average Bonchev–Trinajstić information content (AvgIpc) is 2.73. The van der Waals surface area contributed by atoms with E-state index in [0.29, 0.717) is 6.42 Å². The molecule has 104 valence electrons. The molecule has 1 aliphatic rings. The highest BCUT2D eigenvalue weighted by molar-refractivity contribution is 6.12. The molecule has 0 radical (unpaired) electrons. The van der Waals surface area contributed by atoms with Crippen LogP contribution in [0.4, 0.5) is 0 Å². The molecule has 1 aromatic carbocycles. The zero-order valence-electron chi connectivity index (χ0n) is 11.6. The van der Waals surface area contributed by atoms with Crippen molar-refractivity contribution in [3.63, 3.8) is 0 Å². The first kappa shape index (κ1) is 12.9. The number of aryl methyl sites for hydroxylation is 2. The number of aliphatic carboxylic acids is 1. The lowest BCUT2D eigenvalue weighted by Crippen LogP contribution is -2.27. The fourth-order valence-corrected chi connectivity index (χ4v) is 3.29. The number of carboxylic acid groups (broad SMARTS) is 1. The molecule has 0 bridgehead atoms. The number of carbonyl (C=O) groups excluding carboxylic acids is 1. The highest BCUT2D eigenvalue weighted by Gasteiger charge is 2.34. The third-order valence-electron chi connectivity index (χ3n) is 4.30. The maximum Gasteiger partial charge on any atom is 0.307 e. The largest absolute Gasteiger partial charge is 0.481 e. The lowest BCUT2D eigenvalue weighted by molar-refractivity contribution is -0.141. The van der Waals surface area contributed by atoms with Gasteiger partial charge in [0.05, 0.1) is 11.4 Å². The van der Waals surface area contributed by atoms with Crippen molar-refractivity contribution >= 4 is 22.7 Å². The molecule has 20 heavy (non-hydrogen) atoms. The third kappa shape index (κ3) is 1.68. The summed E-state index contributed by atoms with van der Waals surface area (Å²) in [6.45, 7) is 2.09. The fourth-order valence-electron chi connectivity index (χ4n) is 3.29. The van der Waals surface area contributed by atoms with Gasteiger partial charge in [-0.25, -0.2) is 0 Å². The van der Waals surface area contributed by atoms with E-state index < -0.39 is 11.9 Å². The van der Waals surface area contributed by atoms with Crippen LogP contribution in [0.2, 0.25) is 0 Å². The lowest BCUT2D eigenvalue weighted by atomic mass is 9.86. The zero-order chi connectivity index (χ0) is 14.4. The second-order valence-electron chi connectivity index (χ2n) is 5.41. The van der Waals surface area contributed by atoms with E-state index in [1.165, 1.54) is 5.56 Å². The molecule has 1 aliphatic carbocycles. The Morgan fingerprint density at radius 3 is 2.80 bits per heavy atom. The van der Waals surface area contributed by atoms with Crippen LogP contribution in [-0.4, -0.2) is 21.4 Å². The van der Waals surface area contributed by atoms with Gasteiger partial charge < -0.3 is 9.67 Å². The van der Waals surface area contributed by atoms with Crippen LogP contribution in [0.1, 0.15) is 35.0 Å². The van der Waals surface area contributed by atoms with Gasteiger partial charge in [-0.2, -0.15) is 0 Å². The number of Topliss-reactive ketones (excluding diaryl/α,β-unsaturated/α-hetero) is 1. The van der Waals surface area contributed by atoms with Crippen LogP contribution in [0, 0.1) is 5.92 Å². The van der Waals surface area contributed by atoms with E-state index in [2.05, 4.69) is 13.0 Å². The fraction of sp³-hybridized carbons (Fsp3) is 0.375. The monoisotopic (exact) mass is 271 g/mol. The maximum atomic E-state index is 12.4. The van der Waals surface area contributed by atoms with E-state index in [-0.39, 0.29) is 12.2 Å². The maximum absolute atomic E-state index is 12.4. The molecule has 0 spiro atoms. The lowest BCUT2D eigenvalue weighted by Gasteiger charge is -2.19. The van der Waals surface area contributed by atoms with Crippen LogP contribution in [0.15, 0.2) is 18.2 Å². The molecule has 0 saturated carbocycles. The van der Waals surface area contributed by atoms with Crippen LogP contribution in [-0.2, 0) is 24.7 Å². The summed E-state index contributed by atoms with van der Waals surface area (Å²) in [5.41, 5.74) is 3.86. The average molecular weight is 271 g/mol. The van der Waals surface area contributed by atoms with Crippen molar-refractivity contribution in [3.05, 3.63) is 35.0 Å². The summed E-state index contributed by atoms with van der Waals surface area (Å²) >= 11 is 0. The number of carbonyl (C=O) groups is 2. The Kier molecular flexibility index (Phi) is 2.89. The normalized spacial score (nSPS) is 18.3. The predicted octanol–water partition coefficient (Wildman–Crippen LogP) is 2.57. The van der Waals surface area contributed by atoms with Crippen LogP contribution in [0.5, 0.6) is 0 Å². The summed E-state index contributed by atoms with van der Waals surface area (Å²) in [5.74, 6) is -1.52. The Morgan fingerprint density at radius 2 is 2.15 bits per heavy atom. The first-order valence-electron chi connectivity index (χ1n) is 6.89. The highest BCUT2D eigenvalue weighted by Crippen LogP contribution is 2.35. The highest BCUT2D eigenvalue weighted by atomic mass is 16.4. The number of nitrogens with zero attached hydrogens (tertiary/aromatic N) is 1. The molecule has 0 fully saturated rings. The Labute approximate surface area is 117 Å². The number of para-hydroxylation sites is 1. The van der Waals surface area contributed by atoms with Crippen molar-refractivity contribution in [1.82, 2.24) is 4.57 Å². The topological polar surface area (TPSA) is 59.3 Å². The molecule has 1 N–H and O–H groups in total. The Morgan fingerprint density at radius 1 is 1.40 bits per heavy atom. The summed E-state index contributed by atoms with van der Waals surface area (Å²) in [5, 5.41) is 10.2. The molecule has 0 aliphatic heterocycles. The number of hydrogen-bond donors (Lipinski definition) is 1. The van der Waals surface area contributed by atoms with Gasteiger partial charge >= 0.3 is 5.97 Å². The van der Waals surface area contributed by atoms with Gasteiger partial charge in [-0.3, -0.25) is 9.59 Å². The quantitative estimate of drug-likeness (QED) is 0.913. The molecule has 2 aromatic rings. The molecule has 1 aromatic heterocycles. The zero-order valence-corrected chi connectivity index (χ0v) is 11.6. The van der Waals surface area contributed by atoms with E-state index in [1.807, 2.05) is 23.7 Å². The first-order valence-corrected chi connectivity index (χ1v) is 6.89. The molecular formula is C16H17NO3. The molecule has 1 heterocycles. The summed E-state index contributed by atoms with van der Waals surface area (Å²) in [7, 11) is 1.93. The van der Waals surface area contributed by atoms with Crippen LogP contribution < -0.4 is 0 Å². The Bertz CT molecular complexity index is 727. The summed E-state index contributed by atoms with van der Waals surface area (Å²) in [4.78, 5) is 23.5. The van der Waals surface area contributed by atoms with Gasteiger partial charge in [-0.05, 0) is 12.0 Å². The minimum absolute atomic E-state index is 0.0440. The van der Waals surface area contributed by atoms with Gasteiger partial charge in [-0.1, -0.05) is 25.1 Å². The van der Waals surface area contributed by atoms with E-state index in [0.717, 1.165) is 28.6 Å². The van der Waals surface area contributed by atoms with Crippen molar-refractivity contribution in [3.8, 4) is 0 Å². The van der Waals surface area contributed by atoms with E-state index in [1.54, 1.807) is 0 Å². The van der Waals surface area contributed by atoms with Crippen molar-refractivity contribution in [1.29, 1.82) is 0 Å². The summed E-state index contributed by atoms with van der Waals surface area (Å²) in [6.07, 6.45) is 1.44. The predicted molar refractivity (Wildman–Crippen MR) is 76.1 cm³/mol. The van der Waals surface area contributed by atoms with Crippen LogP contribution in [0.25, 0.3) is 10.9 Å². The summed E-state index contributed by atoms with van der Waals surface area (Å²) < 4.78 is 2.01. The molecule has 4 heteroatoms. The number of aromatic nitrogens is 1. The van der Waals surface area contributed by atoms with Gasteiger partial charge in [0.1, 0.15) is 0 Å². The minimum Gasteiger partial charge on any atom is -0.481 e. The molecule has 0 amide bonds. The SMILES string of the molecule is CCc1cccc2c3c(n(C)c12)CC(C(=O)O)CC3=O. The van der Waals surface area contributed by atoms with Gasteiger partial charge in [0.2, 0.25) is 0 Å². The number of ketones is 1. The molecule has 3 rings (SSSR count). The molecule has 0 saturated heterocycles. The summed E-state index contributed by atoms with van der Waals surface area (Å²) in [6, 6.07) is 6.00. The van der Waals surface area contributed by atoms with Crippen molar-refractivity contribution in [2.24, 2.45) is 13.0 Å². The first-order chi connectivity index (χ1) is 9.54. The molecule has 1 unspecified atom stereocenters. The number of carboxylic acids is 1. The number of hydrogen-bond acceptors (Lipinski definition) is 2. The number of benzene rings is 1. The smallest absolute Gasteiger partial charge is 0.307 e. The van der Waals surface area contributed by atoms with Gasteiger partial charge in [0.15, 0.2) is 5.78 Å². The number of fused-ring (bicyclic) bond motifs is 3. The van der Waals surface area contributed by atoms with Crippen molar-refractivity contribution in [2.45, 2.75) is 26.2 Å². The van der Waals surface area contributed by atoms with Gasteiger partial charge in [0.25, 0.3) is 0 Å². The second-order valence-corrected chi connectivity index (χ2v) is 5.41. The van der Waals surface area contributed by atoms with Gasteiger partial charge in [-0.15, -0.1) is 0 Å². The standard InChI is InChI=1S/C16H17NO3/c1-3-9-5-4-6-11-14-12(17(2)15(9)11)7-10(16(19)20)8-13(14)18/h4-6,10H,3,7-8H2,1-2H3,(H,19,20). The van der Waals surface area contributed by atoms with E-state index >= 15 is 0 Å². The Balaban J connectivity index is 2.30. The molecular weight excluding hydrogens is 254 g/mol. The van der Waals surface area contributed by atoms with Crippen molar-refractivity contribution in [2.75, 3.05) is 0 Å².